The van der Waals surface area contributed by atoms with Crippen molar-refractivity contribution in [3.63, 3.8) is 0 Å². The van der Waals surface area contributed by atoms with Gasteiger partial charge in [0.25, 0.3) is 0 Å². The molecule has 0 atom stereocenters. The highest BCUT2D eigenvalue weighted by Crippen LogP contribution is 2.24. The van der Waals surface area contributed by atoms with Crippen LogP contribution >= 0.6 is 23.1 Å². The molecule has 0 saturated heterocycles. The molecule has 0 aliphatic heterocycles. The Morgan fingerprint density at radius 1 is 1.42 bits per heavy atom. The third-order valence-corrected chi connectivity index (χ3v) is 5.20. The summed E-state index contributed by atoms with van der Waals surface area (Å²) in [6, 6.07) is 9.31. The number of aryl methyl sites for hydroxylation is 1. The van der Waals surface area contributed by atoms with Gasteiger partial charge in [-0.25, -0.2) is 9.78 Å². The molecule has 6 nitrogen and oxygen atoms in total. The average molecular weight is 387 g/mol. The van der Waals surface area contributed by atoms with Gasteiger partial charge in [-0.05, 0) is 24.6 Å². The van der Waals surface area contributed by atoms with E-state index < -0.39 is 5.97 Å². The Morgan fingerprint density at radius 2 is 2.15 bits per heavy atom. The highest BCUT2D eigenvalue weighted by molar-refractivity contribution is 7.99. The molecular weight excluding hydrogens is 370 g/mol. The van der Waals surface area contributed by atoms with Gasteiger partial charge in [0.15, 0.2) is 5.13 Å². The fourth-order valence-corrected chi connectivity index (χ4v) is 3.60. The molecule has 0 unspecified atom stereocenters. The summed E-state index contributed by atoms with van der Waals surface area (Å²) in [5, 5.41) is 11.8. The normalized spacial score (nSPS) is 10.0. The van der Waals surface area contributed by atoms with Gasteiger partial charge < -0.3 is 10.1 Å². The van der Waals surface area contributed by atoms with Gasteiger partial charge in [-0.3, -0.25) is 4.79 Å². The molecule has 0 bridgehead atoms. The number of anilines is 1. The minimum atomic E-state index is -0.476. The Morgan fingerprint density at radius 3 is 2.81 bits per heavy atom. The van der Waals surface area contributed by atoms with E-state index in [9.17, 15) is 9.59 Å². The van der Waals surface area contributed by atoms with Crippen LogP contribution in [0.4, 0.5) is 5.13 Å². The average Bonchev–Trinajstić information content (AvgIpc) is 3.00. The molecule has 1 amide bonds. The Labute approximate surface area is 159 Å². The second-order valence-electron chi connectivity index (χ2n) is 5.17. The molecule has 0 aliphatic rings. The van der Waals surface area contributed by atoms with Crippen molar-refractivity contribution in [2.24, 2.45) is 0 Å². The Bertz CT molecular complexity index is 838. The molecule has 8 heteroatoms. The molecule has 26 heavy (non-hydrogen) atoms. The first kappa shape index (κ1) is 19.7. The van der Waals surface area contributed by atoms with Crippen molar-refractivity contribution in [3.8, 4) is 6.07 Å². The number of carbonyl (C=O) groups excluding carboxylic acids is 2. The number of thiazole rings is 1. The lowest BCUT2D eigenvalue weighted by molar-refractivity contribution is -0.113. The smallest absolute Gasteiger partial charge is 0.350 e. The van der Waals surface area contributed by atoms with Crippen LogP contribution in [0.15, 0.2) is 36.9 Å². The molecule has 1 N–H and O–H groups in total. The Kier molecular flexibility index (Phi) is 7.38. The van der Waals surface area contributed by atoms with E-state index >= 15 is 0 Å². The lowest BCUT2D eigenvalue weighted by Gasteiger charge is -2.03. The summed E-state index contributed by atoms with van der Waals surface area (Å²) in [4.78, 5) is 28.4. The minimum Gasteiger partial charge on any atom is -0.457 e. The lowest BCUT2D eigenvalue weighted by Crippen LogP contribution is -2.13. The molecule has 1 aromatic carbocycles. The molecule has 0 saturated carbocycles. The van der Waals surface area contributed by atoms with E-state index in [2.05, 4.69) is 22.9 Å². The second kappa shape index (κ2) is 9.75. The number of nitriles is 1. The van der Waals surface area contributed by atoms with Crippen LogP contribution in [0, 0.1) is 18.3 Å². The van der Waals surface area contributed by atoms with Gasteiger partial charge in [-0.2, -0.15) is 5.26 Å². The highest BCUT2D eigenvalue weighted by Gasteiger charge is 2.17. The summed E-state index contributed by atoms with van der Waals surface area (Å²) in [6.45, 7) is 5.31. The van der Waals surface area contributed by atoms with Crippen LogP contribution in [0.25, 0.3) is 0 Å². The van der Waals surface area contributed by atoms with E-state index in [1.807, 2.05) is 12.1 Å². The molecule has 134 valence electrons. The van der Waals surface area contributed by atoms with Crippen molar-refractivity contribution in [3.05, 3.63) is 58.6 Å². The van der Waals surface area contributed by atoms with Gasteiger partial charge in [0.05, 0.1) is 23.1 Å². The summed E-state index contributed by atoms with van der Waals surface area (Å²) in [5.41, 5.74) is 2.17. The Hall–Kier alpha value is -2.63. The van der Waals surface area contributed by atoms with Crippen LogP contribution in [-0.2, 0) is 15.3 Å². The number of thioether (sulfide) groups is 1. The van der Waals surface area contributed by atoms with Gasteiger partial charge >= 0.3 is 5.97 Å². The topological polar surface area (TPSA) is 92.1 Å². The molecule has 0 aliphatic carbocycles. The van der Waals surface area contributed by atoms with Crippen molar-refractivity contribution in [2.45, 2.75) is 12.7 Å². The molecule has 0 spiro atoms. The van der Waals surface area contributed by atoms with Crippen molar-refractivity contribution < 1.29 is 14.3 Å². The molecular formula is C18H17N3O3S2. The van der Waals surface area contributed by atoms with Gasteiger partial charge in [0.1, 0.15) is 11.5 Å². The summed E-state index contributed by atoms with van der Waals surface area (Å²) in [6.07, 6.45) is 1.49. The third-order valence-electron chi connectivity index (χ3n) is 3.15. The first-order valence-electron chi connectivity index (χ1n) is 7.65. The highest BCUT2D eigenvalue weighted by atomic mass is 32.2. The number of hydrogen-bond acceptors (Lipinski definition) is 7. The number of nitrogens with one attached hydrogen (secondary N) is 1. The lowest BCUT2D eigenvalue weighted by atomic mass is 10.2. The minimum absolute atomic E-state index is 0.129. The maximum absolute atomic E-state index is 12.0. The van der Waals surface area contributed by atoms with Crippen LogP contribution in [-0.4, -0.2) is 29.2 Å². The first-order chi connectivity index (χ1) is 12.5. The van der Waals surface area contributed by atoms with Crippen LogP contribution < -0.4 is 5.32 Å². The van der Waals surface area contributed by atoms with Gasteiger partial charge in [0.2, 0.25) is 5.91 Å². The second-order valence-corrected chi connectivity index (χ2v) is 7.16. The summed E-state index contributed by atoms with van der Waals surface area (Å²) >= 11 is 2.54. The van der Waals surface area contributed by atoms with E-state index in [1.54, 1.807) is 19.1 Å². The predicted molar refractivity (Wildman–Crippen MR) is 103 cm³/mol. The molecule has 1 heterocycles. The van der Waals surface area contributed by atoms with Crippen LogP contribution in [0.3, 0.4) is 0 Å². The number of aromatic nitrogens is 1. The Balaban J connectivity index is 1.83. The van der Waals surface area contributed by atoms with Crippen LogP contribution in [0.5, 0.6) is 0 Å². The van der Waals surface area contributed by atoms with Crippen molar-refractivity contribution in [1.29, 1.82) is 5.26 Å². The summed E-state index contributed by atoms with van der Waals surface area (Å²) < 4.78 is 4.98. The van der Waals surface area contributed by atoms with Crippen molar-refractivity contribution in [1.82, 2.24) is 4.98 Å². The number of esters is 1. The molecule has 2 rings (SSSR count). The molecule has 0 radical (unpaired) electrons. The number of benzene rings is 1. The number of ether oxygens (including phenoxy) is 1. The van der Waals surface area contributed by atoms with Crippen molar-refractivity contribution >= 4 is 40.1 Å². The SMILES string of the molecule is C=CCOC(=O)c1sc(NC(=O)CSCc2ccc(C#N)cc2)nc1C. The van der Waals surface area contributed by atoms with E-state index in [4.69, 9.17) is 10.00 Å². The van der Waals surface area contributed by atoms with Crippen LogP contribution in [0.1, 0.15) is 26.5 Å². The number of carbonyl (C=O) groups is 2. The number of nitrogens with zero attached hydrogens (tertiary/aromatic N) is 2. The molecule has 0 fully saturated rings. The van der Waals surface area contributed by atoms with E-state index in [1.165, 1.54) is 17.8 Å². The first-order valence-corrected chi connectivity index (χ1v) is 9.62. The van der Waals surface area contributed by atoms with E-state index in [-0.39, 0.29) is 18.3 Å². The number of hydrogen-bond donors (Lipinski definition) is 1. The largest absolute Gasteiger partial charge is 0.457 e. The molecule has 1 aromatic heterocycles. The quantitative estimate of drug-likeness (QED) is 0.550. The zero-order valence-electron chi connectivity index (χ0n) is 14.2. The maximum Gasteiger partial charge on any atom is 0.350 e. The van der Waals surface area contributed by atoms with E-state index in [0.717, 1.165) is 16.9 Å². The summed E-state index contributed by atoms with van der Waals surface area (Å²) in [5.74, 6) is 0.253. The standard InChI is InChI=1S/C18H17N3O3S2/c1-3-8-24-17(23)16-12(2)20-18(26-16)21-15(22)11-25-10-14-6-4-13(9-19)5-7-14/h3-7H,1,8,10-11H2,2H3,(H,20,21,22). The summed E-state index contributed by atoms with van der Waals surface area (Å²) in [7, 11) is 0. The third kappa shape index (κ3) is 5.72. The van der Waals surface area contributed by atoms with Crippen LogP contribution in [0.2, 0.25) is 0 Å². The fourth-order valence-electron chi connectivity index (χ4n) is 1.93. The number of amides is 1. The fraction of sp³-hybridized carbons (Fsp3) is 0.222. The van der Waals surface area contributed by atoms with E-state index in [0.29, 0.717) is 27.0 Å². The zero-order chi connectivity index (χ0) is 18.9. The van der Waals surface area contributed by atoms with Gasteiger partial charge in [-0.1, -0.05) is 36.1 Å². The number of rotatable bonds is 8. The zero-order valence-corrected chi connectivity index (χ0v) is 15.8. The van der Waals surface area contributed by atoms with Gasteiger partial charge in [0, 0.05) is 5.75 Å². The maximum atomic E-state index is 12.0. The predicted octanol–water partition coefficient (Wildman–Crippen LogP) is 3.54. The van der Waals surface area contributed by atoms with Gasteiger partial charge in [-0.15, -0.1) is 11.8 Å². The monoisotopic (exact) mass is 387 g/mol. The molecule has 2 aromatic rings. The van der Waals surface area contributed by atoms with Crippen molar-refractivity contribution in [2.75, 3.05) is 17.7 Å².